The Labute approximate surface area is 122 Å². The molecule has 2 nitrogen and oxygen atoms in total. The van der Waals surface area contributed by atoms with Crippen molar-refractivity contribution in [3.63, 3.8) is 0 Å². The largest absolute Gasteiger partial charge is 0.478 e. The van der Waals surface area contributed by atoms with Crippen molar-refractivity contribution in [1.82, 2.24) is 0 Å². The minimum atomic E-state index is -1.14. The molecule has 5 heteroatoms. The molecule has 0 unspecified atom stereocenters. The SMILES string of the molecule is [B]c1ccc(Cl)cc1CCc1c(F)cccc1C(=O)O. The van der Waals surface area contributed by atoms with E-state index >= 15 is 0 Å². The zero-order valence-corrected chi connectivity index (χ0v) is 11.3. The van der Waals surface area contributed by atoms with Crippen LogP contribution in [0.15, 0.2) is 36.4 Å². The molecule has 0 aromatic heterocycles. The fourth-order valence-electron chi connectivity index (χ4n) is 2.06. The number of benzene rings is 2. The molecule has 0 heterocycles. The first-order valence-corrected chi connectivity index (χ1v) is 6.41. The Hall–Kier alpha value is -1.81. The van der Waals surface area contributed by atoms with E-state index in [2.05, 4.69) is 0 Å². The molecule has 0 saturated carbocycles. The molecule has 0 aliphatic rings. The standard InChI is InChI=1S/C15H11BClFO2/c16-13-7-5-10(17)8-9(13)4-6-11-12(15(19)20)2-1-3-14(11)18/h1-3,5,7-8H,4,6H2,(H,19,20). The van der Waals surface area contributed by atoms with E-state index in [1.54, 1.807) is 18.2 Å². The summed E-state index contributed by atoms with van der Waals surface area (Å²) in [4.78, 5) is 11.1. The number of carboxylic acids is 1. The molecule has 100 valence electrons. The van der Waals surface area contributed by atoms with Crippen LogP contribution >= 0.6 is 11.6 Å². The predicted octanol–water partition coefficient (Wildman–Crippen LogP) is 2.76. The van der Waals surface area contributed by atoms with E-state index < -0.39 is 11.8 Å². The van der Waals surface area contributed by atoms with Crippen molar-refractivity contribution in [3.05, 3.63) is 63.9 Å². The van der Waals surface area contributed by atoms with Crippen LogP contribution in [-0.4, -0.2) is 18.9 Å². The highest BCUT2D eigenvalue weighted by atomic mass is 35.5. The molecule has 0 aliphatic carbocycles. The van der Waals surface area contributed by atoms with Gasteiger partial charge in [0.2, 0.25) is 0 Å². The number of aromatic carboxylic acids is 1. The topological polar surface area (TPSA) is 37.3 Å². The first-order valence-electron chi connectivity index (χ1n) is 6.03. The lowest BCUT2D eigenvalue weighted by Crippen LogP contribution is -2.12. The van der Waals surface area contributed by atoms with E-state index in [4.69, 9.17) is 24.6 Å². The average molecular weight is 289 g/mol. The second kappa shape index (κ2) is 6.10. The maximum absolute atomic E-state index is 13.8. The van der Waals surface area contributed by atoms with Crippen molar-refractivity contribution < 1.29 is 14.3 Å². The van der Waals surface area contributed by atoms with Gasteiger partial charge in [0.1, 0.15) is 13.7 Å². The summed E-state index contributed by atoms with van der Waals surface area (Å²) in [7, 11) is 5.82. The van der Waals surface area contributed by atoms with Crippen LogP contribution < -0.4 is 5.46 Å². The first kappa shape index (κ1) is 14.6. The zero-order valence-electron chi connectivity index (χ0n) is 10.6. The van der Waals surface area contributed by atoms with Gasteiger partial charge in [0.05, 0.1) is 5.56 Å². The van der Waals surface area contributed by atoms with Gasteiger partial charge >= 0.3 is 5.97 Å². The Balaban J connectivity index is 2.27. The minimum Gasteiger partial charge on any atom is -0.478 e. The van der Waals surface area contributed by atoms with Crippen molar-refractivity contribution >= 4 is 30.9 Å². The molecule has 0 amide bonds. The number of aryl methyl sites for hydroxylation is 1. The van der Waals surface area contributed by atoms with Crippen LogP contribution in [0.2, 0.25) is 5.02 Å². The average Bonchev–Trinajstić information content (AvgIpc) is 2.40. The van der Waals surface area contributed by atoms with Gasteiger partial charge in [-0.1, -0.05) is 34.8 Å². The first-order chi connectivity index (χ1) is 9.49. The Bertz CT molecular complexity index is 658. The molecule has 2 rings (SSSR count). The van der Waals surface area contributed by atoms with Crippen LogP contribution in [0, 0.1) is 5.82 Å². The Morgan fingerprint density at radius 2 is 2.00 bits per heavy atom. The summed E-state index contributed by atoms with van der Waals surface area (Å²) < 4.78 is 13.8. The van der Waals surface area contributed by atoms with E-state index in [0.717, 1.165) is 5.56 Å². The zero-order chi connectivity index (χ0) is 14.7. The van der Waals surface area contributed by atoms with E-state index in [9.17, 15) is 9.18 Å². The summed E-state index contributed by atoms with van der Waals surface area (Å²) in [6.07, 6.45) is 0.673. The van der Waals surface area contributed by atoms with Crippen molar-refractivity contribution in [1.29, 1.82) is 0 Å². The van der Waals surface area contributed by atoms with Crippen LogP contribution in [-0.2, 0) is 12.8 Å². The lowest BCUT2D eigenvalue weighted by molar-refractivity contribution is 0.0695. The Kier molecular flexibility index (Phi) is 4.45. The molecule has 0 atom stereocenters. The molecule has 20 heavy (non-hydrogen) atoms. The second-order valence-corrected chi connectivity index (χ2v) is 4.85. The van der Waals surface area contributed by atoms with Gasteiger partial charge in [-0.05, 0) is 37.1 Å². The molecule has 0 spiro atoms. The van der Waals surface area contributed by atoms with Gasteiger partial charge < -0.3 is 5.11 Å². The molecule has 0 aliphatic heterocycles. The number of rotatable bonds is 4. The van der Waals surface area contributed by atoms with Crippen LogP contribution in [0.3, 0.4) is 0 Å². The molecular weight excluding hydrogens is 277 g/mol. The lowest BCUT2D eigenvalue weighted by Gasteiger charge is -2.10. The molecule has 2 aromatic rings. The van der Waals surface area contributed by atoms with Gasteiger partial charge in [0.25, 0.3) is 0 Å². The van der Waals surface area contributed by atoms with Gasteiger partial charge in [-0.25, -0.2) is 9.18 Å². The molecule has 0 saturated heterocycles. The highest BCUT2D eigenvalue weighted by Crippen LogP contribution is 2.17. The molecular formula is C15H11BClFO2. The summed E-state index contributed by atoms with van der Waals surface area (Å²) in [5.74, 6) is -1.66. The van der Waals surface area contributed by atoms with Crippen molar-refractivity contribution in [3.8, 4) is 0 Å². The minimum absolute atomic E-state index is 0.0226. The third-order valence-corrected chi connectivity index (χ3v) is 3.33. The van der Waals surface area contributed by atoms with Crippen molar-refractivity contribution in [2.24, 2.45) is 0 Å². The monoisotopic (exact) mass is 288 g/mol. The summed E-state index contributed by atoms with van der Waals surface area (Å²) in [6, 6.07) is 9.09. The highest BCUT2D eigenvalue weighted by Gasteiger charge is 2.14. The molecule has 1 N–H and O–H groups in total. The smallest absolute Gasteiger partial charge is 0.336 e. The predicted molar refractivity (Wildman–Crippen MR) is 77.6 cm³/mol. The lowest BCUT2D eigenvalue weighted by atomic mass is 9.87. The quantitative estimate of drug-likeness (QED) is 0.878. The molecule has 0 fully saturated rings. The number of hydrogen-bond acceptors (Lipinski definition) is 1. The summed E-state index contributed by atoms with van der Waals surface area (Å²) >= 11 is 5.89. The third-order valence-electron chi connectivity index (χ3n) is 3.10. The van der Waals surface area contributed by atoms with Gasteiger partial charge in [-0.2, -0.15) is 0 Å². The Morgan fingerprint density at radius 3 is 2.70 bits per heavy atom. The number of carbonyl (C=O) groups is 1. The van der Waals surface area contributed by atoms with E-state index in [1.165, 1.54) is 18.2 Å². The van der Waals surface area contributed by atoms with E-state index in [0.29, 0.717) is 16.9 Å². The highest BCUT2D eigenvalue weighted by molar-refractivity contribution is 6.35. The summed E-state index contributed by atoms with van der Waals surface area (Å²) in [5, 5.41) is 9.62. The molecule has 2 aromatic carbocycles. The van der Waals surface area contributed by atoms with E-state index in [-0.39, 0.29) is 17.5 Å². The number of halogens is 2. The van der Waals surface area contributed by atoms with Crippen molar-refractivity contribution in [2.45, 2.75) is 12.8 Å². The summed E-state index contributed by atoms with van der Waals surface area (Å²) in [5.41, 5.74) is 1.49. The number of carboxylic acid groups (broad SMARTS) is 1. The number of hydrogen-bond donors (Lipinski definition) is 1. The normalized spacial score (nSPS) is 10.5. The maximum atomic E-state index is 13.8. The fraction of sp³-hybridized carbons (Fsp3) is 0.133. The maximum Gasteiger partial charge on any atom is 0.336 e. The van der Waals surface area contributed by atoms with Crippen LogP contribution in [0.25, 0.3) is 0 Å². The van der Waals surface area contributed by atoms with Crippen molar-refractivity contribution in [2.75, 3.05) is 0 Å². The van der Waals surface area contributed by atoms with Gasteiger partial charge in [-0.3, -0.25) is 0 Å². The molecule has 2 radical (unpaired) electrons. The van der Waals surface area contributed by atoms with Crippen LogP contribution in [0.5, 0.6) is 0 Å². The van der Waals surface area contributed by atoms with Gasteiger partial charge in [0, 0.05) is 10.6 Å². The summed E-state index contributed by atoms with van der Waals surface area (Å²) in [6.45, 7) is 0. The Morgan fingerprint density at radius 1 is 1.25 bits per heavy atom. The molecule has 0 bridgehead atoms. The van der Waals surface area contributed by atoms with Crippen LogP contribution in [0.1, 0.15) is 21.5 Å². The van der Waals surface area contributed by atoms with Gasteiger partial charge in [0.15, 0.2) is 0 Å². The van der Waals surface area contributed by atoms with Gasteiger partial charge in [-0.15, -0.1) is 0 Å². The third kappa shape index (κ3) is 3.20. The van der Waals surface area contributed by atoms with E-state index in [1.807, 2.05) is 0 Å². The van der Waals surface area contributed by atoms with Crippen LogP contribution in [0.4, 0.5) is 4.39 Å². The fourth-order valence-corrected chi connectivity index (χ4v) is 2.26. The second-order valence-electron chi connectivity index (χ2n) is 4.41.